The number of carboxylic acid groups (broad SMARTS) is 5. The summed E-state index contributed by atoms with van der Waals surface area (Å²) in [5.41, 5.74) is 7.02. The Labute approximate surface area is 356 Å². The number of para-hydroxylation sites is 2. The number of aromatic carboxylic acids is 1. The summed E-state index contributed by atoms with van der Waals surface area (Å²) in [6.45, 7) is -3.56. The SMILES string of the molecule is Nc1ccc2c(-c3ccccc3C(=O)O)c3ccc(=[NH2+])c(S(=O)(=O)Nc4ccc(N(CC(=O)O)CC(=O)O)c(OCCOc5ccccc5N(CC(=O)O)CC(=O)O)c4)c-3oc2c1. The summed E-state index contributed by atoms with van der Waals surface area (Å²) < 4.78 is 49.3. The van der Waals surface area contributed by atoms with Gasteiger partial charge in [-0.05, 0) is 54.1 Å². The Morgan fingerprint density at radius 1 is 0.667 bits per heavy atom. The van der Waals surface area contributed by atoms with Crippen molar-refractivity contribution in [3.05, 3.63) is 108 Å². The number of carboxylic acids is 5. The van der Waals surface area contributed by atoms with Crippen LogP contribution in [0.5, 0.6) is 11.5 Å². The van der Waals surface area contributed by atoms with Gasteiger partial charge in [0.05, 0.1) is 22.6 Å². The van der Waals surface area contributed by atoms with Crippen LogP contribution in [0, 0.1) is 0 Å². The van der Waals surface area contributed by atoms with Crippen LogP contribution in [0.15, 0.2) is 106 Å². The Morgan fingerprint density at radius 2 is 1.24 bits per heavy atom. The molecule has 21 heteroatoms. The second-order valence-electron chi connectivity index (χ2n) is 13.7. The fourth-order valence-electron chi connectivity index (χ4n) is 6.83. The number of hydrogen-bond donors (Lipinski definition) is 8. The van der Waals surface area contributed by atoms with E-state index in [1.54, 1.807) is 42.5 Å². The smallest absolute Gasteiger partial charge is 0.336 e. The Morgan fingerprint density at radius 3 is 1.86 bits per heavy atom. The molecule has 63 heavy (non-hydrogen) atoms. The highest BCUT2D eigenvalue weighted by molar-refractivity contribution is 7.92. The number of nitrogen functional groups attached to an aromatic ring is 1. The first-order chi connectivity index (χ1) is 29.9. The van der Waals surface area contributed by atoms with Gasteiger partial charge in [-0.25, -0.2) is 13.2 Å². The molecule has 2 aliphatic rings. The van der Waals surface area contributed by atoms with Crippen LogP contribution in [-0.4, -0.2) is 103 Å². The summed E-state index contributed by atoms with van der Waals surface area (Å²) in [5.74, 6) is -6.98. The maximum atomic E-state index is 14.4. The summed E-state index contributed by atoms with van der Waals surface area (Å²) in [6, 6.07) is 23.2. The molecule has 1 aliphatic carbocycles. The van der Waals surface area contributed by atoms with E-state index in [2.05, 4.69) is 4.72 Å². The van der Waals surface area contributed by atoms with Gasteiger partial charge >= 0.3 is 29.8 Å². The number of nitrogens with two attached hydrogens (primary N) is 2. The molecule has 0 spiro atoms. The van der Waals surface area contributed by atoms with Crippen molar-refractivity contribution in [3.8, 4) is 33.9 Å². The molecule has 4 aromatic carbocycles. The molecule has 0 bridgehead atoms. The number of anilines is 4. The van der Waals surface area contributed by atoms with E-state index in [0.717, 1.165) is 9.80 Å². The number of nitrogens with zero attached hydrogens (tertiary/aromatic N) is 2. The van der Waals surface area contributed by atoms with Crippen LogP contribution in [0.1, 0.15) is 10.4 Å². The molecule has 0 atom stereocenters. The molecule has 10 N–H and O–H groups in total. The van der Waals surface area contributed by atoms with E-state index < -0.39 is 70.9 Å². The van der Waals surface area contributed by atoms with Crippen LogP contribution in [-0.2, 0) is 29.2 Å². The monoisotopic (exact) mass is 884 g/mol. The van der Waals surface area contributed by atoms with Crippen molar-refractivity contribution in [1.82, 2.24) is 0 Å². The molecule has 0 unspecified atom stereocenters. The fraction of sp³-hybridized carbons (Fsp3) is 0.143. The highest BCUT2D eigenvalue weighted by atomic mass is 32.2. The summed E-state index contributed by atoms with van der Waals surface area (Å²) in [5, 5.41) is 54.5. The van der Waals surface area contributed by atoms with E-state index >= 15 is 0 Å². The first kappa shape index (κ1) is 44.2. The molecule has 20 nitrogen and oxygen atoms in total. The number of fused-ring (bicyclic) bond motifs is 2. The van der Waals surface area contributed by atoms with Crippen LogP contribution < -0.4 is 40.5 Å². The molecule has 0 amide bonds. The molecule has 0 saturated heterocycles. The second-order valence-corrected chi connectivity index (χ2v) is 15.3. The minimum atomic E-state index is -4.74. The van der Waals surface area contributed by atoms with Gasteiger partial charge in [-0.2, -0.15) is 0 Å². The molecule has 1 aliphatic heterocycles. The predicted molar refractivity (Wildman–Crippen MR) is 224 cm³/mol. The van der Waals surface area contributed by atoms with Crippen molar-refractivity contribution in [2.45, 2.75) is 4.90 Å². The molecular formula is C42H38N5O15S+. The first-order valence-electron chi connectivity index (χ1n) is 18.5. The molecule has 0 aromatic heterocycles. The van der Waals surface area contributed by atoms with Crippen LogP contribution in [0.2, 0.25) is 0 Å². The Hall–Kier alpha value is -8.33. The summed E-state index contributed by atoms with van der Waals surface area (Å²) in [7, 11) is -4.74. The summed E-state index contributed by atoms with van der Waals surface area (Å²) in [6.07, 6.45) is 0. The minimum Gasteiger partial charge on any atom is -0.488 e. The molecule has 4 aromatic rings. The lowest BCUT2D eigenvalue weighted by atomic mass is 9.90. The van der Waals surface area contributed by atoms with E-state index in [1.807, 2.05) is 0 Å². The number of sulfonamides is 1. The lowest BCUT2D eigenvalue weighted by molar-refractivity contribution is -0.176. The normalized spacial score (nSPS) is 11.2. The summed E-state index contributed by atoms with van der Waals surface area (Å²) in [4.78, 5) is 60.5. The zero-order valence-corrected chi connectivity index (χ0v) is 33.6. The average Bonchev–Trinajstić information content (AvgIpc) is 3.20. The topological polar surface area (TPSA) is 322 Å². The van der Waals surface area contributed by atoms with Crippen molar-refractivity contribution in [2.75, 3.05) is 59.6 Å². The number of ether oxygens (including phenoxy) is 2. The first-order valence-corrected chi connectivity index (χ1v) is 20.0. The molecule has 326 valence electrons. The minimum absolute atomic E-state index is 0.0669. The van der Waals surface area contributed by atoms with Gasteiger partial charge in [-0.3, -0.25) is 29.3 Å². The lowest BCUT2D eigenvalue weighted by Crippen LogP contribution is -2.48. The third-order valence-corrected chi connectivity index (χ3v) is 10.7. The van der Waals surface area contributed by atoms with Gasteiger partial charge in [0, 0.05) is 40.4 Å². The van der Waals surface area contributed by atoms with Gasteiger partial charge in [0.25, 0.3) is 10.0 Å². The number of rotatable bonds is 20. The van der Waals surface area contributed by atoms with E-state index in [4.69, 9.17) is 25.0 Å². The molecule has 6 rings (SSSR count). The van der Waals surface area contributed by atoms with E-state index in [9.17, 15) is 57.9 Å². The van der Waals surface area contributed by atoms with Crippen molar-refractivity contribution >= 4 is 73.6 Å². The van der Waals surface area contributed by atoms with Gasteiger partial charge in [0.2, 0.25) is 10.3 Å². The van der Waals surface area contributed by atoms with Crippen molar-refractivity contribution < 1.29 is 77.2 Å². The maximum Gasteiger partial charge on any atom is 0.336 e. The number of carbonyl (C=O) groups is 5. The highest BCUT2D eigenvalue weighted by Crippen LogP contribution is 2.44. The van der Waals surface area contributed by atoms with Gasteiger partial charge in [-0.1, -0.05) is 30.3 Å². The van der Waals surface area contributed by atoms with Gasteiger partial charge in [0.1, 0.15) is 56.5 Å². The van der Waals surface area contributed by atoms with E-state index in [1.165, 1.54) is 54.6 Å². The Bertz CT molecular complexity index is 2890. The second kappa shape index (κ2) is 18.5. The van der Waals surface area contributed by atoms with Gasteiger partial charge in [0.15, 0.2) is 5.76 Å². The largest absolute Gasteiger partial charge is 0.488 e. The predicted octanol–water partition coefficient (Wildman–Crippen LogP) is 2.35. The quantitative estimate of drug-likeness (QED) is 0.0310. The van der Waals surface area contributed by atoms with E-state index in [0.29, 0.717) is 10.9 Å². The maximum absolute atomic E-state index is 14.4. The lowest BCUT2D eigenvalue weighted by Gasteiger charge is -2.25. The van der Waals surface area contributed by atoms with E-state index in [-0.39, 0.29) is 80.9 Å². The van der Waals surface area contributed by atoms with Crippen LogP contribution in [0.25, 0.3) is 33.4 Å². The Balaban J connectivity index is 1.38. The van der Waals surface area contributed by atoms with Crippen molar-refractivity contribution in [1.29, 1.82) is 0 Å². The molecule has 1 heterocycles. The van der Waals surface area contributed by atoms with Gasteiger partial charge in [-0.15, -0.1) is 0 Å². The molecule has 0 radical (unpaired) electrons. The molecule has 0 saturated carbocycles. The third kappa shape index (κ3) is 10.2. The third-order valence-electron chi connectivity index (χ3n) is 9.26. The van der Waals surface area contributed by atoms with Gasteiger partial charge < -0.3 is 55.0 Å². The van der Waals surface area contributed by atoms with Crippen molar-refractivity contribution in [2.24, 2.45) is 0 Å². The number of benzene rings is 5. The zero-order chi connectivity index (χ0) is 45.6. The number of aliphatic carboxylic acids is 4. The van der Waals surface area contributed by atoms with Crippen LogP contribution >= 0.6 is 0 Å². The average molecular weight is 885 g/mol. The van der Waals surface area contributed by atoms with Crippen LogP contribution in [0.4, 0.5) is 22.7 Å². The Kier molecular flexibility index (Phi) is 13.0. The molecule has 0 fully saturated rings. The fourth-order valence-corrected chi connectivity index (χ4v) is 8.14. The number of nitrogens with one attached hydrogen (secondary N) is 1. The number of hydrogen-bond acceptors (Lipinski definition) is 13. The summed E-state index contributed by atoms with van der Waals surface area (Å²) >= 11 is 0. The zero-order valence-electron chi connectivity index (χ0n) is 32.8. The molecular weight excluding hydrogens is 847 g/mol. The van der Waals surface area contributed by atoms with Crippen LogP contribution in [0.3, 0.4) is 0 Å². The van der Waals surface area contributed by atoms with Crippen molar-refractivity contribution in [3.63, 3.8) is 0 Å². The standard InChI is InChI=1S/C42H37N5O15S/c43-23-9-11-27-33(17-23)62-40-28(39(27)25-5-1-2-6-26(25)42(56)57)12-13-29(44)41(40)63(58,59)45-24-10-14-31(47(21-37(52)53)22-38(54)55)34(18-24)61-16-15-60-32-8-4-3-7-30(32)46(19-35(48)49)20-36(50)51/h1-14,17-18,44-45H,15-16,19-22,43H2,(H,48,49)(H,50,51)(H,52,53)(H,54,55)(H,56,57)/p+1. The highest BCUT2D eigenvalue weighted by Gasteiger charge is 2.32.